The van der Waals surface area contributed by atoms with Gasteiger partial charge in [-0.2, -0.15) is 5.10 Å². The van der Waals surface area contributed by atoms with Gasteiger partial charge in [-0.05, 0) is 78.6 Å². The summed E-state index contributed by atoms with van der Waals surface area (Å²) in [6.45, 7) is 13.4. The highest BCUT2D eigenvalue weighted by Gasteiger charge is 2.26. The minimum Gasteiger partial charge on any atom is -0.458 e. The van der Waals surface area contributed by atoms with Crippen LogP contribution in [0.15, 0.2) is 28.7 Å². The maximum Gasteiger partial charge on any atom is 0.407 e. The summed E-state index contributed by atoms with van der Waals surface area (Å²) < 4.78 is 12.7. The number of likely N-dealkylation sites (tertiary alicyclic amines) is 1. The van der Waals surface area contributed by atoms with Crippen molar-refractivity contribution < 1.29 is 18.7 Å². The Morgan fingerprint density at radius 2 is 1.95 bits per heavy atom. The number of ether oxygens (including phenoxy) is 1. The molecule has 1 atom stereocenters. The molecule has 3 aromatic rings. The second kappa shape index (κ2) is 10.7. The van der Waals surface area contributed by atoms with E-state index < -0.39 is 11.7 Å². The van der Waals surface area contributed by atoms with Crippen molar-refractivity contribution in [3.63, 3.8) is 0 Å². The maximum absolute atomic E-state index is 12.9. The first kappa shape index (κ1) is 26.3. The van der Waals surface area contributed by atoms with Crippen molar-refractivity contribution in [2.75, 3.05) is 31.5 Å². The van der Waals surface area contributed by atoms with E-state index in [1.807, 2.05) is 53.7 Å². The summed E-state index contributed by atoms with van der Waals surface area (Å²) in [4.78, 5) is 36.1. The van der Waals surface area contributed by atoms with Crippen LogP contribution in [-0.2, 0) is 9.53 Å². The Kier molecular flexibility index (Phi) is 7.63. The van der Waals surface area contributed by atoms with Gasteiger partial charge in [0.1, 0.15) is 17.2 Å². The molecule has 2 amide bonds. The Morgan fingerprint density at radius 1 is 1.16 bits per heavy atom. The highest BCUT2D eigenvalue weighted by atomic mass is 16.6. The van der Waals surface area contributed by atoms with Gasteiger partial charge in [0.05, 0.1) is 12.2 Å². The second-order valence-electron chi connectivity index (χ2n) is 10.5. The van der Waals surface area contributed by atoms with Gasteiger partial charge in [0, 0.05) is 24.8 Å². The molecule has 4 heterocycles. The van der Waals surface area contributed by atoms with Gasteiger partial charge in [0.15, 0.2) is 17.4 Å². The zero-order chi connectivity index (χ0) is 26.7. The van der Waals surface area contributed by atoms with Crippen LogP contribution in [0.1, 0.15) is 44.3 Å². The van der Waals surface area contributed by atoms with Crippen LogP contribution in [0.2, 0.25) is 0 Å². The first-order valence-corrected chi connectivity index (χ1v) is 12.4. The molecule has 0 bridgehead atoms. The lowest BCUT2D eigenvalue weighted by atomic mass is 10.1. The zero-order valence-corrected chi connectivity index (χ0v) is 22.3. The summed E-state index contributed by atoms with van der Waals surface area (Å²) in [7, 11) is 0. The number of nitrogens with one attached hydrogen (secondary N) is 2. The van der Waals surface area contributed by atoms with E-state index in [9.17, 15) is 9.59 Å². The summed E-state index contributed by atoms with van der Waals surface area (Å²) in [5, 5.41) is 10.3. The number of hydrogen-bond acceptors (Lipinski definition) is 8. The van der Waals surface area contributed by atoms with Crippen molar-refractivity contribution in [2.24, 2.45) is 5.92 Å². The monoisotopic (exact) mass is 509 g/mol. The van der Waals surface area contributed by atoms with Crippen LogP contribution in [0.4, 0.5) is 10.6 Å². The SMILES string of the molecule is Cc1cc(C)n(-c2cc(NC(=O)CN3CC[C@@H](CNC(=O)OC(C)(C)C)C3)nc(-c3ccc(C)o3)n2)n1. The predicted molar refractivity (Wildman–Crippen MR) is 138 cm³/mol. The quantitative estimate of drug-likeness (QED) is 0.494. The Morgan fingerprint density at radius 3 is 2.59 bits per heavy atom. The number of alkyl carbamates (subject to hydrolysis) is 1. The third-order valence-electron chi connectivity index (χ3n) is 5.84. The minimum atomic E-state index is -0.532. The number of aromatic nitrogens is 4. The number of hydrogen-bond donors (Lipinski definition) is 2. The Hall–Kier alpha value is -3.73. The molecule has 0 radical (unpaired) electrons. The first-order valence-electron chi connectivity index (χ1n) is 12.4. The molecule has 0 spiro atoms. The van der Waals surface area contributed by atoms with Crippen LogP contribution in [0.25, 0.3) is 17.4 Å². The molecule has 0 aliphatic carbocycles. The number of carbonyl (C=O) groups excluding carboxylic acids is 2. The highest BCUT2D eigenvalue weighted by molar-refractivity contribution is 5.91. The highest BCUT2D eigenvalue weighted by Crippen LogP contribution is 2.23. The predicted octanol–water partition coefficient (Wildman–Crippen LogP) is 3.63. The largest absolute Gasteiger partial charge is 0.458 e. The van der Waals surface area contributed by atoms with Crippen molar-refractivity contribution in [3.8, 4) is 17.4 Å². The van der Waals surface area contributed by atoms with Crippen LogP contribution in [0, 0.1) is 26.7 Å². The summed E-state index contributed by atoms with van der Waals surface area (Å²) in [6.07, 6.45) is 0.467. The summed E-state index contributed by atoms with van der Waals surface area (Å²) in [5.74, 6) is 2.60. The molecular weight excluding hydrogens is 474 g/mol. The molecule has 0 aromatic carbocycles. The molecule has 2 N–H and O–H groups in total. The molecule has 1 aliphatic rings. The third kappa shape index (κ3) is 7.16. The number of nitrogens with zero attached hydrogens (tertiary/aromatic N) is 5. The fourth-order valence-electron chi connectivity index (χ4n) is 4.28. The normalized spacial score (nSPS) is 16.1. The molecule has 3 aromatic heterocycles. The maximum atomic E-state index is 12.9. The zero-order valence-electron chi connectivity index (χ0n) is 22.3. The van der Waals surface area contributed by atoms with Crippen LogP contribution in [0.5, 0.6) is 0 Å². The van der Waals surface area contributed by atoms with Crippen molar-refractivity contribution >= 4 is 17.8 Å². The van der Waals surface area contributed by atoms with Gasteiger partial charge in [-0.25, -0.2) is 19.4 Å². The number of anilines is 1. The van der Waals surface area contributed by atoms with Gasteiger partial charge in [-0.15, -0.1) is 0 Å². The Bertz CT molecular complexity index is 1270. The van der Waals surface area contributed by atoms with E-state index in [2.05, 4.69) is 30.6 Å². The molecule has 37 heavy (non-hydrogen) atoms. The van der Waals surface area contributed by atoms with Crippen molar-refractivity contribution in [3.05, 3.63) is 41.4 Å². The fraction of sp³-hybridized carbons (Fsp3) is 0.500. The fourth-order valence-corrected chi connectivity index (χ4v) is 4.28. The molecule has 198 valence electrons. The molecule has 4 rings (SSSR count). The number of amides is 2. The molecule has 1 saturated heterocycles. The van der Waals surface area contributed by atoms with E-state index in [-0.39, 0.29) is 18.4 Å². The van der Waals surface area contributed by atoms with Gasteiger partial charge >= 0.3 is 6.09 Å². The Balaban J connectivity index is 1.40. The average molecular weight is 510 g/mol. The lowest BCUT2D eigenvalue weighted by molar-refractivity contribution is -0.117. The minimum absolute atomic E-state index is 0.180. The van der Waals surface area contributed by atoms with Crippen LogP contribution >= 0.6 is 0 Å². The first-order chi connectivity index (χ1) is 17.4. The van der Waals surface area contributed by atoms with Gasteiger partial charge in [-0.1, -0.05) is 0 Å². The van der Waals surface area contributed by atoms with Crippen LogP contribution < -0.4 is 10.6 Å². The number of carbonyl (C=O) groups is 2. The molecule has 1 aliphatic heterocycles. The van der Waals surface area contributed by atoms with E-state index in [0.29, 0.717) is 36.3 Å². The van der Waals surface area contributed by atoms with Crippen LogP contribution in [-0.4, -0.2) is 68.4 Å². The summed E-state index contributed by atoms with van der Waals surface area (Å²) >= 11 is 0. The summed E-state index contributed by atoms with van der Waals surface area (Å²) in [6, 6.07) is 7.30. The molecule has 0 saturated carbocycles. The van der Waals surface area contributed by atoms with Crippen molar-refractivity contribution in [1.82, 2.24) is 30.0 Å². The molecule has 11 nitrogen and oxygen atoms in total. The Labute approximate surface area is 216 Å². The van der Waals surface area contributed by atoms with Gasteiger partial charge < -0.3 is 19.8 Å². The van der Waals surface area contributed by atoms with Crippen LogP contribution in [0.3, 0.4) is 0 Å². The van der Waals surface area contributed by atoms with E-state index in [0.717, 1.165) is 30.1 Å². The number of aryl methyl sites for hydroxylation is 3. The summed E-state index contributed by atoms with van der Waals surface area (Å²) in [5.41, 5.74) is 1.25. The van der Waals surface area contributed by atoms with E-state index >= 15 is 0 Å². The molecular formula is C26H35N7O4. The van der Waals surface area contributed by atoms with Gasteiger partial charge in [-0.3, -0.25) is 9.69 Å². The topological polar surface area (TPSA) is 127 Å². The second-order valence-corrected chi connectivity index (χ2v) is 10.5. The number of furan rings is 1. The molecule has 11 heteroatoms. The smallest absolute Gasteiger partial charge is 0.407 e. The molecule has 1 fully saturated rings. The van der Waals surface area contributed by atoms with Gasteiger partial charge in [0.25, 0.3) is 0 Å². The average Bonchev–Trinajstić information content (AvgIpc) is 3.51. The molecule has 0 unspecified atom stereocenters. The lowest BCUT2D eigenvalue weighted by Gasteiger charge is -2.21. The third-order valence-corrected chi connectivity index (χ3v) is 5.84. The number of rotatable bonds is 7. The van der Waals surface area contributed by atoms with E-state index in [1.165, 1.54) is 0 Å². The lowest BCUT2D eigenvalue weighted by Crippen LogP contribution is -2.36. The van der Waals surface area contributed by atoms with Crippen molar-refractivity contribution in [1.29, 1.82) is 0 Å². The van der Waals surface area contributed by atoms with E-state index in [1.54, 1.807) is 16.8 Å². The van der Waals surface area contributed by atoms with Crippen molar-refractivity contribution in [2.45, 2.75) is 53.6 Å². The van der Waals surface area contributed by atoms with E-state index in [4.69, 9.17) is 9.15 Å². The standard InChI is InChI=1S/C26H35N7O4/c1-16-11-17(2)33(31-16)22-12-21(29-24(30-22)20-8-7-18(3)36-20)28-23(34)15-32-10-9-19(14-32)13-27-25(35)37-26(4,5)6/h7-8,11-12,19H,9-10,13-15H2,1-6H3,(H,27,35)(H,28,29,30,34)/t19-/m0/s1. The van der Waals surface area contributed by atoms with Gasteiger partial charge in [0.2, 0.25) is 5.91 Å².